The number of fused-ring (bicyclic) bond motifs is 1. The quantitative estimate of drug-likeness (QED) is 0.352. The zero-order chi connectivity index (χ0) is 24.8. The molecule has 9 nitrogen and oxygen atoms in total. The number of amides is 2. The van der Waals surface area contributed by atoms with Crippen molar-refractivity contribution >= 4 is 34.0 Å². The van der Waals surface area contributed by atoms with Crippen molar-refractivity contribution in [1.29, 1.82) is 0 Å². The maximum Gasteiger partial charge on any atom is 0.407 e. The number of benzene rings is 1. The van der Waals surface area contributed by atoms with Gasteiger partial charge in [0.05, 0.1) is 18.0 Å². The first-order valence-corrected chi connectivity index (χ1v) is 12.6. The number of nitrogens with one attached hydrogen (secondary N) is 3. The minimum absolute atomic E-state index is 0.0942. The average Bonchev–Trinajstić information content (AvgIpc) is 3.39. The summed E-state index contributed by atoms with van der Waals surface area (Å²) in [5, 5.41) is 13.2. The number of hydrogen-bond donors (Lipinski definition) is 4. The van der Waals surface area contributed by atoms with Gasteiger partial charge in [-0.3, -0.25) is 9.89 Å². The molecule has 5 N–H and O–H groups in total. The minimum Gasteiger partial charge on any atom is -0.494 e. The number of nitrogens with zero attached hydrogens (tertiary/aromatic N) is 1. The van der Waals surface area contributed by atoms with E-state index in [-0.39, 0.29) is 12.0 Å². The number of para-hydroxylation sites is 1. The number of carbonyl (C=O) groups is 2. The Balaban J connectivity index is 1.29. The molecule has 35 heavy (non-hydrogen) atoms. The largest absolute Gasteiger partial charge is 0.494 e. The molecule has 186 valence electrons. The number of anilines is 2. The van der Waals surface area contributed by atoms with Crippen LogP contribution in [0.5, 0.6) is 5.75 Å². The van der Waals surface area contributed by atoms with Crippen LogP contribution in [-0.2, 0) is 35.3 Å². The molecule has 0 saturated carbocycles. The van der Waals surface area contributed by atoms with Gasteiger partial charge in [0.2, 0.25) is 5.91 Å². The lowest BCUT2D eigenvalue weighted by atomic mass is 9.95. The summed E-state index contributed by atoms with van der Waals surface area (Å²) in [5.74, 6) is 0.715. The highest BCUT2D eigenvalue weighted by Gasteiger charge is 2.27. The van der Waals surface area contributed by atoms with Gasteiger partial charge in [0, 0.05) is 36.0 Å². The zero-order valence-electron chi connectivity index (χ0n) is 20.0. The van der Waals surface area contributed by atoms with E-state index in [1.54, 1.807) is 6.20 Å². The first-order chi connectivity index (χ1) is 16.9. The summed E-state index contributed by atoms with van der Waals surface area (Å²) in [6.45, 7) is 4.75. The third-order valence-electron chi connectivity index (χ3n) is 6.04. The number of hydrogen-bond acceptors (Lipinski definition) is 7. The van der Waals surface area contributed by atoms with Crippen molar-refractivity contribution < 1.29 is 19.1 Å². The van der Waals surface area contributed by atoms with Gasteiger partial charge in [0.15, 0.2) is 0 Å². The Labute approximate surface area is 208 Å². The van der Waals surface area contributed by atoms with Gasteiger partial charge in [-0.2, -0.15) is 5.10 Å². The van der Waals surface area contributed by atoms with Crippen LogP contribution in [0.3, 0.4) is 0 Å². The van der Waals surface area contributed by atoms with Crippen molar-refractivity contribution in [2.45, 2.75) is 58.6 Å². The molecule has 0 spiro atoms. The van der Waals surface area contributed by atoms with Crippen LogP contribution in [0.15, 0.2) is 30.5 Å². The molecule has 2 amide bonds. The predicted octanol–water partition coefficient (Wildman–Crippen LogP) is 4.12. The second-order valence-electron chi connectivity index (χ2n) is 8.46. The number of thiophene rings is 1. The standard InChI is InChI=1S/C25H31N5O4S/c1-3-33-20-7-5-4-6-16(20)8-11-22(31)29-24-23(26)19-10-9-18(12-21(19)35-24)34-25(32)27-13-17-14-28-30-15(17)2/h4-7,14,18H,3,8-13,26H2,1-2H3,(H,27,32)(H,28,30)(H,29,31). The normalized spacial score (nSPS) is 14.7. The predicted molar refractivity (Wildman–Crippen MR) is 136 cm³/mol. The van der Waals surface area contributed by atoms with Gasteiger partial charge in [-0.15, -0.1) is 11.3 Å². The first kappa shape index (κ1) is 24.6. The van der Waals surface area contributed by atoms with Crippen LogP contribution in [0.4, 0.5) is 15.5 Å². The Morgan fingerprint density at radius 2 is 2.11 bits per heavy atom. The summed E-state index contributed by atoms with van der Waals surface area (Å²) in [6.07, 6.45) is 3.95. The summed E-state index contributed by atoms with van der Waals surface area (Å²) in [4.78, 5) is 25.9. The summed E-state index contributed by atoms with van der Waals surface area (Å²) >= 11 is 1.46. The van der Waals surface area contributed by atoms with Crippen molar-refractivity contribution in [2.24, 2.45) is 0 Å². The SMILES string of the molecule is CCOc1ccccc1CCC(=O)Nc1sc2c(c1N)CCC(OC(=O)NCc1c[nH]nc1C)C2. The van der Waals surface area contributed by atoms with Crippen LogP contribution in [0.25, 0.3) is 0 Å². The second kappa shape index (κ2) is 11.3. The molecule has 4 rings (SSSR count). The van der Waals surface area contributed by atoms with E-state index in [2.05, 4.69) is 20.8 Å². The van der Waals surface area contributed by atoms with Crippen molar-refractivity contribution in [2.75, 3.05) is 17.7 Å². The Bertz CT molecular complexity index is 1190. The fraction of sp³-hybridized carbons (Fsp3) is 0.400. The molecule has 0 radical (unpaired) electrons. The zero-order valence-corrected chi connectivity index (χ0v) is 20.8. The van der Waals surface area contributed by atoms with Crippen LogP contribution >= 0.6 is 11.3 Å². The molecular weight excluding hydrogens is 466 g/mol. The number of H-pyrrole nitrogens is 1. The number of aryl methyl sites for hydroxylation is 2. The van der Waals surface area contributed by atoms with Gasteiger partial charge in [0.25, 0.3) is 0 Å². The monoisotopic (exact) mass is 497 g/mol. The molecule has 2 heterocycles. The molecule has 0 aliphatic heterocycles. The highest BCUT2D eigenvalue weighted by atomic mass is 32.1. The maximum atomic E-state index is 12.6. The summed E-state index contributed by atoms with van der Waals surface area (Å²) in [6, 6.07) is 7.76. The third kappa shape index (κ3) is 6.13. The summed E-state index contributed by atoms with van der Waals surface area (Å²) < 4.78 is 11.3. The van der Waals surface area contributed by atoms with Crippen LogP contribution in [-0.4, -0.2) is 34.9 Å². The lowest BCUT2D eigenvalue weighted by molar-refractivity contribution is -0.116. The summed E-state index contributed by atoms with van der Waals surface area (Å²) in [7, 11) is 0. The number of aromatic nitrogens is 2. The maximum absolute atomic E-state index is 12.6. The second-order valence-corrected chi connectivity index (χ2v) is 9.56. The van der Waals surface area contributed by atoms with Gasteiger partial charge in [-0.05, 0) is 50.3 Å². The van der Waals surface area contributed by atoms with Crippen molar-refractivity contribution in [1.82, 2.24) is 15.5 Å². The molecule has 0 bridgehead atoms. The Morgan fingerprint density at radius 1 is 1.29 bits per heavy atom. The molecule has 2 aromatic heterocycles. The van der Waals surface area contributed by atoms with E-state index in [1.807, 2.05) is 38.1 Å². The van der Waals surface area contributed by atoms with Crippen LogP contribution in [0.1, 0.15) is 47.0 Å². The topological polar surface area (TPSA) is 131 Å². The Morgan fingerprint density at radius 3 is 2.89 bits per heavy atom. The Hall–Kier alpha value is -3.53. The number of nitrogen functional groups attached to an aromatic ring is 1. The molecule has 10 heteroatoms. The number of ether oxygens (including phenoxy) is 2. The highest BCUT2D eigenvalue weighted by Crippen LogP contribution is 2.40. The number of nitrogens with two attached hydrogens (primary N) is 1. The fourth-order valence-corrected chi connectivity index (χ4v) is 5.39. The van der Waals surface area contributed by atoms with E-state index >= 15 is 0 Å². The average molecular weight is 498 g/mol. The van der Waals surface area contributed by atoms with E-state index in [1.165, 1.54) is 11.3 Å². The third-order valence-corrected chi connectivity index (χ3v) is 7.23. The molecule has 0 fully saturated rings. The fourth-order valence-electron chi connectivity index (χ4n) is 4.14. The minimum atomic E-state index is -0.454. The van der Waals surface area contributed by atoms with E-state index in [0.717, 1.165) is 33.0 Å². The molecule has 3 aromatic rings. The highest BCUT2D eigenvalue weighted by molar-refractivity contribution is 7.17. The van der Waals surface area contributed by atoms with Gasteiger partial charge < -0.3 is 25.8 Å². The van der Waals surface area contributed by atoms with Gasteiger partial charge in [-0.25, -0.2) is 4.79 Å². The van der Waals surface area contributed by atoms with Crippen LogP contribution in [0, 0.1) is 6.92 Å². The van der Waals surface area contributed by atoms with Gasteiger partial charge in [0.1, 0.15) is 16.9 Å². The van der Waals surface area contributed by atoms with Crippen molar-refractivity contribution in [3.05, 3.63) is 57.7 Å². The number of rotatable bonds is 9. The molecule has 1 aromatic carbocycles. The number of alkyl carbamates (subject to hydrolysis) is 1. The summed E-state index contributed by atoms with van der Waals surface area (Å²) in [5.41, 5.74) is 10.8. The molecule has 1 atom stereocenters. The lowest BCUT2D eigenvalue weighted by Crippen LogP contribution is -2.31. The van der Waals surface area contributed by atoms with Gasteiger partial charge >= 0.3 is 6.09 Å². The van der Waals surface area contributed by atoms with E-state index in [9.17, 15) is 9.59 Å². The van der Waals surface area contributed by atoms with Crippen LogP contribution in [0.2, 0.25) is 0 Å². The van der Waals surface area contributed by atoms with Crippen LogP contribution < -0.4 is 21.1 Å². The number of aromatic amines is 1. The smallest absolute Gasteiger partial charge is 0.407 e. The van der Waals surface area contributed by atoms with Gasteiger partial charge in [-0.1, -0.05) is 18.2 Å². The molecular formula is C25H31N5O4S. The number of carbonyl (C=O) groups excluding carboxylic acids is 2. The lowest BCUT2D eigenvalue weighted by Gasteiger charge is -2.22. The molecule has 1 unspecified atom stereocenters. The van der Waals surface area contributed by atoms with Crippen molar-refractivity contribution in [3.63, 3.8) is 0 Å². The van der Waals surface area contributed by atoms with Crippen molar-refractivity contribution in [3.8, 4) is 5.75 Å². The van der Waals surface area contributed by atoms with E-state index < -0.39 is 6.09 Å². The molecule has 0 saturated heterocycles. The Kier molecular flexibility index (Phi) is 7.91. The van der Waals surface area contributed by atoms with E-state index in [0.29, 0.717) is 55.9 Å². The first-order valence-electron chi connectivity index (χ1n) is 11.8. The molecule has 1 aliphatic carbocycles. The molecule has 1 aliphatic rings. The van der Waals surface area contributed by atoms with E-state index in [4.69, 9.17) is 15.2 Å².